The number of nitrogens with two attached hydrogens (primary N) is 1. The minimum atomic E-state index is 0.527. The molecule has 0 spiro atoms. The van der Waals surface area contributed by atoms with E-state index in [1.807, 2.05) is 6.92 Å². The molecule has 2 fully saturated rings. The summed E-state index contributed by atoms with van der Waals surface area (Å²) in [7, 11) is 0. The normalized spacial score (nSPS) is 27.4. The highest BCUT2D eigenvalue weighted by atomic mass is 79.9. The van der Waals surface area contributed by atoms with Crippen LogP contribution in [0, 0.1) is 6.92 Å². The number of halogens is 1. The summed E-state index contributed by atoms with van der Waals surface area (Å²) in [6.45, 7) is 4.49. The van der Waals surface area contributed by atoms with Gasteiger partial charge in [-0.05, 0) is 54.2 Å². The van der Waals surface area contributed by atoms with E-state index < -0.39 is 0 Å². The highest BCUT2D eigenvalue weighted by Gasteiger charge is 2.37. The van der Waals surface area contributed by atoms with E-state index in [0.717, 1.165) is 21.5 Å². The molecular weight excluding hydrogens is 292 g/mol. The summed E-state index contributed by atoms with van der Waals surface area (Å²) in [4.78, 5) is 7.01. The van der Waals surface area contributed by atoms with Crippen molar-refractivity contribution >= 4 is 27.4 Å². The molecule has 1 aromatic rings. The molecule has 3 heterocycles. The summed E-state index contributed by atoms with van der Waals surface area (Å²) in [6, 6.07) is 1.22. The van der Waals surface area contributed by atoms with Crippen molar-refractivity contribution in [1.29, 1.82) is 0 Å². The molecule has 2 unspecified atom stereocenters. The molecule has 3 rings (SSSR count). The van der Waals surface area contributed by atoms with Gasteiger partial charge >= 0.3 is 0 Å². The van der Waals surface area contributed by atoms with Crippen LogP contribution < -0.4 is 11.1 Å². The number of nitrogens with zero attached hydrogens (tertiary/aromatic N) is 2. The lowest BCUT2D eigenvalue weighted by Crippen LogP contribution is -2.34. The molecule has 2 aliphatic heterocycles. The van der Waals surface area contributed by atoms with Gasteiger partial charge in [-0.1, -0.05) is 0 Å². The van der Waals surface area contributed by atoms with Crippen molar-refractivity contribution in [1.82, 2.24) is 9.88 Å². The second kappa shape index (κ2) is 4.70. The summed E-state index contributed by atoms with van der Waals surface area (Å²) in [6.07, 6.45) is 5.59. The molecule has 98 valence electrons. The van der Waals surface area contributed by atoms with Gasteiger partial charge in [-0.25, -0.2) is 4.98 Å². The van der Waals surface area contributed by atoms with E-state index in [9.17, 15) is 0 Å². The standard InChI is InChI=1S/C13H19BrN4/c1-8-9(15)7-16-13(12(8)14)17-10-4-6-18-5-2-3-11(10)18/h7,10-11H,2-6,15H2,1H3,(H,16,17). The van der Waals surface area contributed by atoms with Crippen molar-refractivity contribution in [3.63, 3.8) is 0 Å². The first-order valence-corrected chi connectivity index (χ1v) is 7.37. The van der Waals surface area contributed by atoms with Crippen LogP contribution >= 0.6 is 15.9 Å². The van der Waals surface area contributed by atoms with Crippen LogP contribution in [0.1, 0.15) is 24.8 Å². The lowest BCUT2D eigenvalue weighted by molar-refractivity contribution is 0.318. The Kier molecular flexibility index (Phi) is 3.20. The topological polar surface area (TPSA) is 54.2 Å². The predicted molar refractivity (Wildman–Crippen MR) is 77.7 cm³/mol. The van der Waals surface area contributed by atoms with Crippen LogP contribution in [0.25, 0.3) is 0 Å². The number of nitrogens with one attached hydrogen (secondary N) is 1. The largest absolute Gasteiger partial charge is 0.397 e. The molecular formula is C13H19BrN4. The van der Waals surface area contributed by atoms with Crippen LogP contribution in [0.5, 0.6) is 0 Å². The molecule has 0 saturated carbocycles. The summed E-state index contributed by atoms with van der Waals surface area (Å²) in [5.74, 6) is 0.931. The maximum absolute atomic E-state index is 5.85. The van der Waals surface area contributed by atoms with Crippen molar-refractivity contribution in [3.05, 3.63) is 16.2 Å². The third-order valence-electron chi connectivity index (χ3n) is 4.23. The first-order chi connectivity index (χ1) is 8.66. The van der Waals surface area contributed by atoms with Crippen LogP contribution in [0.3, 0.4) is 0 Å². The number of anilines is 2. The van der Waals surface area contributed by atoms with Gasteiger partial charge in [0.25, 0.3) is 0 Å². The molecule has 1 aromatic heterocycles. The van der Waals surface area contributed by atoms with Crippen LogP contribution in [0.4, 0.5) is 11.5 Å². The summed E-state index contributed by atoms with van der Waals surface area (Å²) in [5, 5.41) is 3.59. The van der Waals surface area contributed by atoms with Gasteiger partial charge in [0.05, 0.1) is 16.4 Å². The quantitative estimate of drug-likeness (QED) is 0.880. The van der Waals surface area contributed by atoms with E-state index in [2.05, 4.69) is 31.1 Å². The van der Waals surface area contributed by atoms with Gasteiger partial charge in [0.2, 0.25) is 0 Å². The zero-order chi connectivity index (χ0) is 12.7. The molecule has 4 nitrogen and oxygen atoms in total. The van der Waals surface area contributed by atoms with Crippen LogP contribution in [0.15, 0.2) is 10.7 Å². The van der Waals surface area contributed by atoms with Crippen molar-refractivity contribution in [2.45, 2.75) is 38.3 Å². The van der Waals surface area contributed by atoms with Crippen LogP contribution in [-0.4, -0.2) is 35.1 Å². The second-order valence-electron chi connectivity index (χ2n) is 5.29. The highest BCUT2D eigenvalue weighted by Crippen LogP contribution is 2.33. The molecule has 18 heavy (non-hydrogen) atoms. The van der Waals surface area contributed by atoms with Crippen molar-refractivity contribution in [2.24, 2.45) is 0 Å². The second-order valence-corrected chi connectivity index (χ2v) is 6.08. The Bertz CT molecular complexity index is 463. The summed E-state index contributed by atoms with van der Waals surface area (Å²) in [5.41, 5.74) is 7.66. The number of pyridine rings is 1. The van der Waals surface area contributed by atoms with E-state index in [-0.39, 0.29) is 0 Å². The Labute approximate surface area is 116 Å². The number of aromatic nitrogens is 1. The molecule has 2 saturated heterocycles. The number of fused-ring (bicyclic) bond motifs is 1. The van der Waals surface area contributed by atoms with E-state index >= 15 is 0 Å². The van der Waals surface area contributed by atoms with Gasteiger partial charge in [-0.15, -0.1) is 0 Å². The molecule has 0 radical (unpaired) electrons. The highest BCUT2D eigenvalue weighted by molar-refractivity contribution is 9.10. The third-order valence-corrected chi connectivity index (χ3v) is 5.20. The fraction of sp³-hybridized carbons (Fsp3) is 0.615. The van der Waals surface area contributed by atoms with Gasteiger partial charge in [0, 0.05) is 18.6 Å². The fourth-order valence-electron chi connectivity index (χ4n) is 3.12. The van der Waals surface area contributed by atoms with Crippen molar-refractivity contribution in [2.75, 3.05) is 24.1 Å². The first-order valence-electron chi connectivity index (χ1n) is 6.58. The molecule has 3 N–H and O–H groups in total. The van der Waals surface area contributed by atoms with E-state index in [1.165, 1.54) is 32.4 Å². The van der Waals surface area contributed by atoms with Gasteiger partial charge in [-0.3, -0.25) is 4.90 Å². The number of nitrogen functional groups attached to an aromatic ring is 1. The van der Waals surface area contributed by atoms with Gasteiger partial charge in [0.1, 0.15) is 5.82 Å². The van der Waals surface area contributed by atoms with Crippen LogP contribution in [-0.2, 0) is 0 Å². The zero-order valence-corrected chi connectivity index (χ0v) is 12.2. The molecule has 2 atom stereocenters. The average Bonchev–Trinajstić information content (AvgIpc) is 2.94. The lowest BCUT2D eigenvalue weighted by Gasteiger charge is -2.22. The van der Waals surface area contributed by atoms with E-state index in [1.54, 1.807) is 6.20 Å². The molecule has 0 bridgehead atoms. The lowest BCUT2D eigenvalue weighted by atomic mass is 10.1. The van der Waals surface area contributed by atoms with E-state index in [0.29, 0.717) is 12.1 Å². The zero-order valence-electron chi connectivity index (χ0n) is 10.6. The Balaban J connectivity index is 1.79. The van der Waals surface area contributed by atoms with E-state index in [4.69, 9.17) is 5.73 Å². The van der Waals surface area contributed by atoms with Crippen molar-refractivity contribution < 1.29 is 0 Å². The summed E-state index contributed by atoms with van der Waals surface area (Å²) >= 11 is 3.59. The smallest absolute Gasteiger partial charge is 0.140 e. The Morgan fingerprint density at radius 2 is 2.28 bits per heavy atom. The van der Waals surface area contributed by atoms with Gasteiger partial charge in [-0.2, -0.15) is 0 Å². The number of hydrogen-bond donors (Lipinski definition) is 2. The molecule has 0 aromatic carbocycles. The molecule has 0 amide bonds. The Morgan fingerprint density at radius 3 is 3.11 bits per heavy atom. The Morgan fingerprint density at radius 1 is 1.44 bits per heavy atom. The first kappa shape index (κ1) is 12.2. The minimum absolute atomic E-state index is 0.527. The number of rotatable bonds is 2. The summed E-state index contributed by atoms with van der Waals surface area (Å²) < 4.78 is 0.999. The number of hydrogen-bond acceptors (Lipinski definition) is 4. The SMILES string of the molecule is Cc1c(N)cnc(NC2CCN3CCCC23)c1Br. The maximum atomic E-state index is 5.85. The van der Waals surface area contributed by atoms with Gasteiger partial charge < -0.3 is 11.1 Å². The average molecular weight is 311 g/mol. The Hall–Kier alpha value is -0.810. The third kappa shape index (κ3) is 1.99. The predicted octanol–water partition coefficient (Wildman–Crippen LogP) is 2.38. The fourth-order valence-corrected chi connectivity index (χ4v) is 3.56. The van der Waals surface area contributed by atoms with Gasteiger partial charge in [0.15, 0.2) is 0 Å². The molecule has 2 aliphatic rings. The maximum Gasteiger partial charge on any atom is 0.140 e. The molecule has 5 heteroatoms. The molecule has 0 aliphatic carbocycles. The van der Waals surface area contributed by atoms with Crippen LogP contribution in [0.2, 0.25) is 0 Å². The monoisotopic (exact) mass is 310 g/mol. The minimum Gasteiger partial charge on any atom is -0.397 e. The van der Waals surface area contributed by atoms with Crippen molar-refractivity contribution in [3.8, 4) is 0 Å².